The molecule has 3 heteroatoms. The maximum Gasteiger partial charge on any atom is 0.262 e. The van der Waals surface area contributed by atoms with E-state index < -0.39 is 5.78 Å². The van der Waals surface area contributed by atoms with E-state index in [4.69, 9.17) is 5.26 Å². The lowest BCUT2D eigenvalue weighted by molar-refractivity contribution is 0.105. The summed E-state index contributed by atoms with van der Waals surface area (Å²) in [6.07, 6.45) is 0. The smallest absolute Gasteiger partial charge is 0.262 e. The third-order valence-corrected chi connectivity index (χ3v) is 1.93. The highest BCUT2D eigenvalue weighted by atomic mass is 127. The van der Waals surface area contributed by atoms with Crippen LogP contribution in [-0.2, 0) is 0 Å². The number of carbonyl (C=O) groups excluding carboxylic acids is 1. The highest BCUT2D eigenvalue weighted by molar-refractivity contribution is 14.1. The number of hydrogen-bond donors (Lipinski definition) is 0. The Morgan fingerprint density at radius 3 is 2.36 bits per heavy atom. The molecular formula is C8H4INO. The van der Waals surface area contributed by atoms with Gasteiger partial charge in [0.25, 0.3) is 5.78 Å². The minimum Gasteiger partial charge on any atom is -0.277 e. The van der Waals surface area contributed by atoms with Crippen LogP contribution in [-0.4, -0.2) is 5.78 Å². The van der Waals surface area contributed by atoms with Crippen LogP contribution >= 0.6 is 22.6 Å². The lowest BCUT2D eigenvalue weighted by atomic mass is 10.1. The Bertz CT molecular complexity index is 310. The maximum absolute atomic E-state index is 10.8. The molecule has 1 aromatic carbocycles. The predicted molar refractivity (Wildman–Crippen MR) is 49.1 cm³/mol. The summed E-state index contributed by atoms with van der Waals surface area (Å²) >= 11 is 2.14. The molecule has 0 amide bonds. The number of ketones is 1. The van der Waals surface area contributed by atoms with E-state index in [1.54, 1.807) is 30.3 Å². The number of nitrogens with zero attached hydrogens (tertiary/aromatic N) is 1. The van der Waals surface area contributed by atoms with Crippen LogP contribution in [0.1, 0.15) is 10.4 Å². The summed E-state index contributed by atoms with van der Waals surface area (Å²) in [7, 11) is 0. The van der Waals surface area contributed by atoms with E-state index in [0.717, 1.165) is 3.57 Å². The van der Waals surface area contributed by atoms with Gasteiger partial charge in [-0.05, 0) is 46.9 Å². The number of Topliss-reactive ketones (excluding diaryl/α,β-unsaturated/α-hetero) is 1. The molecule has 0 N–H and O–H groups in total. The predicted octanol–water partition coefficient (Wildman–Crippen LogP) is 2.00. The first-order chi connectivity index (χ1) is 5.24. The fourth-order valence-corrected chi connectivity index (χ4v) is 1.03. The van der Waals surface area contributed by atoms with E-state index in [2.05, 4.69) is 22.6 Å². The Balaban J connectivity index is 3.01. The number of carbonyl (C=O) groups is 1. The van der Waals surface area contributed by atoms with Gasteiger partial charge >= 0.3 is 0 Å². The molecule has 0 aromatic heterocycles. The first-order valence-corrected chi connectivity index (χ1v) is 4.02. The fraction of sp³-hybridized carbons (Fsp3) is 0. The molecule has 11 heavy (non-hydrogen) atoms. The van der Waals surface area contributed by atoms with Crippen LogP contribution in [0.2, 0.25) is 0 Å². The Kier molecular flexibility index (Phi) is 2.60. The zero-order valence-corrected chi connectivity index (χ0v) is 7.70. The Morgan fingerprint density at radius 1 is 1.36 bits per heavy atom. The molecule has 0 heterocycles. The average molecular weight is 257 g/mol. The lowest BCUT2D eigenvalue weighted by Crippen LogP contribution is -1.93. The molecule has 0 bridgehead atoms. The zero-order chi connectivity index (χ0) is 8.27. The lowest BCUT2D eigenvalue weighted by Gasteiger charge is -1.91. The van der Waals surface area contributed by atoms with Crippen LogP contribution in [0.4, 0.5) is 0 Å². The SMILES string of the molecule is N#CC(=O)c1ccc(I)cc1. The topological polar surface area (TPSA) is 40.9 Å². The molecule has 54 valence electrons. The van der Waals surface area contributed by atoms with Crippen molar-refractivity contribution in [1.82, 2.24) is 0 Å². The van der Waals surface area contributed by atoms with Gasteiger partial charge in [0.2, 0.25) is 0 Å². The Hall–Kier alpha value is -0.890. The minimum atomic E-state index is -0.485. The molecule has 0 radical (unpaired) electrons. The molecule has 0 spiro atoms. The third kappa shape index (κ3) is 2.02. The summed E-state index contributed by atoms with van der Waals surface area (Å²) in [6.45, 7) is 0. The number of hydrogen-bond acceptors (Lipinski definition) is 2. The summed E-state index contributed by atoms with van der Waals surface area (Å²) in [4.78, 5) is 10.8. The van der Waals surface area contributed by atoms with E-state index in [0.29, 0.717) is 5.56 Å². The van der Waals surface area contributed by atoms with Crippen molar-refractivity contribution in [2.24, 2.45) is 0 Å². The first-order valence-electron chi connectivity index (χ1n) is 2.94. The molecule has 0 saturated carbocycles. The molecular weight excluding hydrogens is 253 g/mol. The van der Waals surface area contributed by atoms with Crippen molar-refractivity contribution >= 4 is 28.4 Å². The van der Waals surface area contributed by atoms with Crippen molar-refractivity contribution in [3.05, 3.63) is 33.4 Å². The second-order valence-electron chi connectivity index (χ2n) is 1.95. The second kappa shape index (κ2) is 3.49. The highest BCUT2D eigenvalue weighted by Crippen LogP contribution is 2.06. The van der Waals surface area contributed by atoms with E-state index in [-0.39, 0.29) is 0 Å². The molecule has 0 aliphatic rings. The van der Waals surface area contributed by atoms with E-state index in [9.17, 15) is 4.79 Å². The Morgan fingerprint density at radius 2 is 1.91 bits per heavy atom. The zero-order valence-electron chi connectivity index (χ0n) is 5.54. The quantitative estimate of drug-likeness (QED) is 0.438. The van der Waals surface area contributed by atoms with E-state index >= 15 is 0 Å². The monoisotopic (exact) mass is 257 g/mol. The van der Waals surface area contributed by atoms with Gasteiger partial charge in [0.1, 0.15) is 6.07 Å². The molecule has 0 unspecified atom stereocenters. The van der Waals surface area contributed by atoms with E-state index in [1.165, 1.54) is 0 Å². The van der Waals surface area contributed by atoms with Gasteiger partial charge in [-0.15, -0.1) is 0 Å². The van der Waals surface area contributed by atoms with Crippen LogP contribution in [0.3, 0.4) is 0 Å². The van der Waals surface area contributed by atoms with Crippen LogP contribution in [0.15, 0.2) is 24.3 Å². The maximum atomic E-state index is 10.8. The summed E-state index contributed by atoms with van der Waals surface area (Å²) in [5.41, 5.74) is 0.452. The molecule has 1 aromatic rings. The van der Waals surface area contributed by atoms with Gasteiger partial charge in [-0.25, -0.2) is 0 Å². The van der Waals surface area contributed by atoms with Crippen molar-refractivity contribution in [1.29, 1.82) is 5.26 Å². The standard InChI is InChI=1S/C8H4INO/c9-7-3-1-6(2-4-7)8(11)5-10/h1-4H. The van der Waals surface area contributed by atoms with E-state index in [1.807, 2.05) is 0 Å². The number of rotatable bonds is 1. The average Bonchev–Trinajstić information content (AvgIpc) is 2.05. The third-order valence-electron chi connectivity index (χ3n) is 1.21. The van der Waals surface area contributed by atoms with Gasteiger partial charge in [-0.3, -0.25) is 4.79 Å². The summed E-state index contributed by atoms with van der Waals surface area (Å²) < 4.78 is 1.05. The minimum absolute atomic E-state index is 0.452. The van der Waals surface area contributed by atoms with Crippen LogP contribution in [0, 0.1) is 14.9 Å². The number of nitriles is 1. The van der Waals surface area contributed by atoms with Crippen molar-refractivity contribution < 1.29 is 4.79 Å². The number of benzene rings is 1. The van der Waals surface area contributed by atoms with Gasteiger partial charge in [0.05, 0.1) is 0 Å². The van der Waals surface area contributed by atoms with Crippen molar-refractivity contribution in [2.45, 2.75) is 0 Å². The molecule has 0 aliphatic carbocycles. The molecule has 0 fully saturated rings. The van der Waals surface area contributed by atoms with Crippen molar-refractivity contribution in [3.63, 3.8) is 0 Å². The van der Waals surface area contributed by atoms with Crippen molar-refractivity contribution in [2.75, 3.05) is 0 Å². The highest BCUT2D eigenvalue weighted by Gasteiger charge is 2.01. The molecule has 2 nitrogen and oxygen atoms in total. The van der Waals surface area contributed by atoms with Crippen LogP contribution in [0.25, 0.3) is 0 Å². The second-order valence-corrected chi connectivity index (χ2v) is 3.19. The first kappa shape index (κ1) is 8.21. The molecule has 0 saturated heterocycles. The fourth-order valence-electron chi connectivity index (χ4n) is 0.666. The van der Waals surface area contributed by atoms with Gasteiger partial charge in [0, 0.05) is 9.13 Å². The normalized spacial score (nSPS) is 8.73. The molecule has 0 aliphatic heterocycles. The molecule has 0 atom stereocenters. The van der Waals surface area contributed by atoms with Gasteiger partial charge < -0.3 is 0 Å². The van der Waals surface area contributed by atoms with Gasteiger partial charge in [0.15, 0.2) is 0 Å². The van der Waals surface area contributed by atoms with Gasteiger partial charge in [-0.2, -0.15) is 5.26 Å². The number of halogens is 1. The summed E-state index contributed by atoms with van der Waals surface area (Å²) in [6, 6.07) is 8.45. The summed E-state index contributed by atoms with van der Waals surface area (Å²) in [5.74, 6) is -0.485. The largest absolute Gasteiger partial charge is 0.277 e. The van der Waals surface area contributed by atoms with Crippen LogP contribution in [0.5, 0.6) is 0 Å². The Labute approximate surface area is 78.0 Å². The molecule has 1 rings (SSSR count). The summed E-state index contributed by atoms with van der Waals surface area (Å²) in [5, 5.41) is 8.26. The van der Waals surface area contributed by atoms with Gasteiger partial charge in [-0.1, -0.05) is 0 Å². The van der Waals surface area contributed by atoms with Crippen molar-refractivity contribution in [3.8, 4) is 6.07 Å². The van der Waals surface area contributed by atoms with Crippen LogP contribution < -0.4 is 0 Å².